The minimum absolute atomic E-state index is 0.136. The first-order valence-electron chi connectivity index (χ1n) is 17.1. The number of allylic oxidation sites excluding steroid dienone is 1. The summed E-state index contributed by atoms with van der Waals surface area (Å²) in [6.07, 6.45) is 4.39. The minimum atomic E-state index is -5.03. The summed E-state index contributed by atoms with van der Waals surface area (Å²) in [5.41, 5.74) is -4.49. The molecule has 0 aliphatic carbocycles. The molecule has 10 heteroatoms. The average Bonchev–Trinajstić information content (AvgIpc) is 3.53. The van der Waals surface area contributed by atoms with Crippen molar-refractivity contribution in [2.45, 2.75) is 83.6 Å². The first-order valence-corrected chi connectivity index (χ1v) is 18.7. The van der Waals surface area contributed by atoms with E-state index in [2.05, 4.69) is 10.1 Å². The second kappa shape index (κ2) is 15.2. The van der Waals surface area contributed by atoms with E-state index in [1.54, 1.807) is 72.7 Å². The zero-order valence-electron chi connectivity index (χ0n) is 30.6. The van der Waals surface area contributed by atoms with Gasteiger partial charge in [0.15, 0.2) is 11.6 Å². The Labute approximate surface area is 304 Å². The van der Waals surface area contributed by atoms with Gasteiger partial charge >= 0.3 is 13.3 Å². The summed E-state index contributed by atoms with van der Waals surface area (Å²) >= 11 is 0. The average molecular weight is 727 g/mol. The van der Waals surface area contributed by atoms with Crippen molar-refractivity contribution >= 4 is 19.5 Å². The summed E-state index contributed by atoms with van der Waals surface area (Å²) in [7, 11) is -5.03. The second-order valence-electron chi connectivity index (χ2n) is 14.8. The van der Waals surface area contributed by atoms with Gasteiger partial charge in [0.2, 0.25) is 0 Å². The van der Waals surface area contributed by atoms with Crippen molar-refractivity contribution in [1.82, 2.24) is 10.1 Å². The van der Waals surface area contributed by atoms with E-state index >= 15 is 8.78 Å². The molecular formula is C42H45F2N2O5P. The van der Waals surface area contributed by atoms with Crippen LogP contribution in [0.3, 0.4) is 0 Å². The third-order valence-electron chi connectivity index (χ3n) is 8.20. The molecule has 1 heterocycles. The zero-order chi connectivity index (χ0) is 37.8. The predicted molar refractivity (Wildman–Crippen MR) is 200 cm³/mol. The SMILES string of the molecule is Cc1noc(-c2ccc(C(CC=Cc3ccccc3)(Cc3ccc(C(F)(F)P(=O)(OC(C)(C)C)OC(C)(C)C)cc3)C(=O)c3ccccc3)cc2)n1. The molecule has 0 spiro atoms. The van der Waals surface area contributed by atoms with Crippen LogP contribution in [-0.2, 0) is 31.1 Å². The number of aromatic nitrogens is 2. The smallest absolute Gasteiger partial charge is 0.334 e. The van der Waals surface area contributed by atoms with Crippen molar-refractivity contribution in [2.24, 2.45) is 0 Å². The Bertz CT molecular complexity index is 2010. The lowest BCUT2D eigenvalue weighted by atomic mass is 9.68. The number of rotatable bonds is 13. The van der Waals surface area contributed by atoms with Crippen LogP contribution >= 0.6 is 7.60 Å². The third-order valence-corrected chi connectivity index (χ3v) is 10.7. The molecule has 0 amide bonds. The van der Waals surface area contributed by atoms with Crippen LogP contribution in [-0.4, -0.2) is 27.1 Å². The molecular weight excluding hydrogens is 681 g/mol. The van der Waals surface area contributed by atoms with E-state index < -0.39 is 35.4 Å². The summed E-state index contributed by atoms with van der Waals surface area (Å²) in [4.78, 5) is 19.2. The minimum Gasteiger partial charge on any atom is -0.334 e. The number of benzene rings is 4. The molecule has 0 fully saturated rings. The summed E-state index contributed by atoms with van der Waals surface area (Å²) in [5, 5.41) is 3.90. The van der Waals surface area contributed by atoms with Crippen molar-refractivity contribution in [2.75, 3.05) is 0 Å². The number of alkyl halides is 2. The maximum absolute atomic E-state index is 16.3. The Balaban J connectivity index is 1.60. The fraction of sp³-hybridized carbons (Fsp3) is 0.310. The van der Waals surface area contributed by atoms with Gasteiger partial charge in [-0.05, 0) is 90.1 Å². The van der Waals surface area contributed by atoms with E-state index in [1.165, 1.54) is 12.1 Å². The summed E-state index contributed by atoms with van der Waals surface area (Å²) in [6, 6.07) is 31.8. The van der Waals surface area contributed by atoms with Crippen molar-refractivity contribution in [3.63, 3.8) is 0 Å². The quantitative estimate of drug-likeness (QED) is 0.0881. The van der Waals surface area contributed by atoms with Gasteiger partial charge in [0.1, 0.15) is 0 Å². The molecule has 1 atom stereocenters. The van der Waals surface area contributed by atoms with E-state index in [9.17, 15) is 9.36 Å². The van der Waals surface area contributed by atoms with Gasteiger partial charge in [0.05, 0.1) is 16.6 Å². The van der Waals surface area contributed by atoms with Crippen LogP contribution < -0.4 is 0 Å². The molecule has 5 rings (SSSR count). The number of halogens is 2. The fourth-order valence-corrected chi connectivity index (χ4v) is 8.13. The van der Waals surface area contributed by atoms with Gasteiger partial charge in [0, 0.05) is 16.7 Å². The van der Waals surface area contributed by atoms with E-state index in [0.29, 0.717) is 34.8 Å². The molecule has 272 valence electrons. The van der Waals surface area contributed by atoms with Crippen LogP contribution in [0.5, 0.6) is 0 Å². The Morgan fingerprint density at radius 1 is 0.769 bits per heavy atom. The first kappa shape index (κ1) is 38.7. The number of carbonyl (C=O) groups is 1. The van der Waals surface area contributed by atoms with Crippen LogP contribution in [0, 0.1) is 6.92 Å². The number of Topliss-reactive ketones (excluding diaryl/α,β-unsaturated/α-hetero) is 1. The van der Waals surface area contributed by atoms with Crippen molar-refractivity contribution in [1.29, 1.82) is 0 Å². The van der Waals surface area contributed by atoms with E-state index in [-0.39, 0.29) is 12.2 Å². The maximum atomic E-state index is 16.3. The lowest BCUT2D eigenvalue weighted by Gasteiger charge is -2.36. The highest BCUT2D eigenvalue weighted by atomic mass is 31.2. The number of nitrogens with zero attached hydrogens (tertiary/aromatic N) is 2. The van der Waals surface area contributed by atoms with Crippen molar-refractivity contribution in [3.05, 3.63) is 149 Å². The number of ketones is 1. The zero-order valence-corrected chi connectivity index (χ0v) is 31.5. The molecule has 0 aliphatic rings. The molecule has 0 bridgehead atoms. The number of hydrogen-bond donors (Lipinski definition) is 0. The van der Waals surface area contributed by atoms with Gasteiger partial charge in [-0.1, -0.05) is 114 Å². The lowest BCUT2D eigenvalue weighted by Crippen LogP contribution is -2.38. The van der Waals surface area contributed by atoms with Crippen LogP contribution in [0.4, 0.5) is 8.78 Å². The molecule has 7 nitrogen and oxygen atoms in total. The van der Waals surface area contributed by atoms with Crippen LogP contribution in [0.1, 0.15) is 86.4 Å². The van der Waals surface area contributed by atoms with Gasteiger partial charge in [-0.15, -0.1) is 0 Å². The molecule has 0 saturated heterocycles. The van der Waals surface area contributed by atoms with E-state index in [4.69, 9.17) is 13.6 Å². The molecule has 5 aromatic rings. The second-order valence-corrected chi connectivity index (χ2v) is 16.8. The summed E-state index contributed by atoms with van der Waals surface area (Å²) < 4.78 is 62.8. The molecule has 0 saturated carbocycles. The highest BCUT2D eigenvalue weighted by molar-refractivity contribution is 7.54. The Hall–Kier alpha value is -4.56. The standard InChI is InChI=1S/C42H45F2N2O5P/c1-30-45-38(49-46-30)34-22-26-35(27-23-34)41(37(47)33-18-12-9-13-19-33,28-14-17-31-15-10-8-11-16-31)29-32-20-24-36(25-21-32)42(43,44)52(48,50-39(2,3)4)51-40(5,6)7/h8-27H,28-29H2,1-7H3. The molecule has 0 radical (unpaired) electrons. The predicted octanol–water partition coefficient (Wildman–Crippen LogP) is 11.4. The van der Waals surface area contributed by atoms with Crippen molar-refractivity contribution < 1.29 is 31.7 Å². The number of aryl methyl sites for hydroxylation is 1. The van der Waals surface area contributed by atoms with Crippen molar-refractivity contribution in [3.8, 4) is 11.5 Å². The molecule has 1 unspecified atom stereocenters. The first-order chi connectivity index (χ1) is 24.4. The Kier molecular flexibility index (Phi) is 11.3. The summed E-state index contributed by atoms with van der Waals surface area (Å²) in [5.74, 6) is 0.718. The van der Waals surface area contributed by atoms with Gasteiger partial charge < -0.3 is 4.52 Å². The van der Waals surface area contributed by atoms with E-state index in [1.807, 2.05) is 84.9 Å². The van der Waals surface area contributed by atoms with Crippen LogP contribution in [0.2, 0.25) is 0 Å². The Morgan fingerprint density at radius 2 is 1.31 bits per heavy atom. The summed E-state index contributed by atoms with van der Waals surface area (Å²) in [6.45, 7) is 11.0. The highest BCUT2D eigenvalue weighted by Crippen LogP contribution is 2.69. The van der Waals surface area contributed by atoms with Gasteiger partial charge in [-0.3, -0.25) is 18.4 Å². The highest BCUT2D eigenvalue weighted by Gasteiger charge is 2.58. The molecule has 0 aliphatic heterocycles. The van der Waals surface area contributed by atoms with Gasteiger partial charge in [-0.25, -0.2) is 0 Å². The normalized spacial score (nSPS) is 14.0. The monoisotopic (exact) mass is 726 g/mol. The molecule has 52 heavy (non-hydrogen) atoms. The molecule has 0 N–H and O–H groups in total. The van der Waals surface area contributed by atoms with Gasteiger partial charge in [-0.2, -0.15) is 13.8 Å². The molecule has 1 aromatic heterocycles. The van der Waals surface area contributed by atoms with Crippen LogP contribution in [0.25, 0.3) is 17.5 Å². The number of carbonyl (C=O) groups excluding carboxylic acids is 1. The third kappa shape index (κ3) is 9.08. The van der Waals surface area contributed by atoms with Gasteiger partial charge in [0.25, 0.3) is 5.89 Å². The number of hydrogen-bond acceptors (Lipinski definition) is 7. The Morgan fingerprint density at radius 3 is 1.83 bits per heavy atom. The largest absolute Gasteiger partial charge is 0.405 e. The molecule has 4 aromatic carbocycles. The lowest BCUT2D eigenvalue weighted by molar-refractivity contribution is -0.0213. The maximum Gasteiger partial charge on any atom is 0.405 e. The van der Waals surface area contributed by atoms with Crippen LogP contribution in [0.15, 0.2) is 120 Å². The van der Waals surface area contributed by atoms with E-state index in [0.717, 1.165) is 11.1 Å². The fourth-order valence-electron chi connectivity index (χ4n) is 5.95. The topological polar surface area (TPSA) is 91.5 Å².